The van der Waals surface area contributed by atoms with E-state index in [0.717, 1.165) is 37.2 Å². The number of rotatable bonds is 4. The van der Waals surface area contributed by atoms with Gasteiger partial charge in [0, 0.05) is 23.7 Å². The van der Waals surface area contributed by atoms with E-state index >= 15 is 0 Å². The van der Waals surface area contributed by atoms with Crippen molar-refractivity contribution >= 4 is 28.0 Å². The SMILES string of the molecule is NCC(=O)Nc1cc(-c2nn3c(=O)cc(C4CCNCC4)nc3s2)ccn1. The minimum Gasteiger partial charge on any atom is -0.322 e. The summed E-state index contributed by atoms with van der Waals surface area (Å²) in [6, 6.07) is 5.06. The average molecular weight is 385 g/mol. The van der Waals surface area contributed by atoms with Gasteiger partial charge in [0.25, 0.3) is 5.56 Å². The topological polar surface area (TPSA) is 127 Å². The molecule has 3 aromatic heterocycles. The molecule has 10 heteroatoms. The van der Waals surface area contributed by atoms with Crippen LogP contribution in [0.25, 0.3) is 15.5 Å². The lowest BCUT2D eigenvalue weighted by atomic mass is 9.94. The van der Waals surface area contributed by atoms with E-state index in [1.807, 2.05) is 0 Å². The highest BCUT2D eigenvalue weighted by Gasteiger charge is 2.19. The number of pyridine rings is 1. The molecular weight excluding hydrogens is 366 g/mol. The Morgan fingerprint density at radius 1 is 1.37 bits per heavy atom. The molecule has 1 fully saturated rings. The summed E-state index contributed by atoms with van der Waals surface area (Å²) in [6.07, 6.45) is 3.52. The highest BCUT2D eigenvalue weighted by atomic mass is 32.1. The highest BCUT2D eigenvalue weighted by molar-refractivity contribution is 7.19. The molecule has 0 aliphatic carbocycles. The molecule has 1 aliphatic heterocycles. The fourth-order valence-electron chi connectivity index (χ4n) is 3.10. The van der Waals surface area contributed by atoms with Gasteiger partial charge >= 0.3 is 0 Å². The van der Waals surface area contributed by atoms with Gasteiger partial charge in [-0.25, -0.2) is 9.97 Å². The summed E-state index contributed by atoms with van der Waals surface area (Å²) in [5.41, 5.74) is 6.71. The minimum absolute atomic E-state index is 0.119. The van der Waals surface area contributed by atoms with Crippen LogP contribution in [0.1, 0.15) is 24.5 Å². The van der Waals surface area contributed by atoms with Crippen LogP contribution in [-0.4, -0.2) is 45.1 Å². The molecule has 0 aromatic carbocycles. The van der Waals surface area contributed by atoms with E-state index in [0.29, 0.717) is 21.7 Å². The van der Waals surface area contributed by atoms with Crippen molar-refractivity contribution < 1.29 is 4.79 Å². The van der Waals surface area contributed by atoms with Crippen LogP contribution in [0.15, 0.2) is 29.2 Å². The molecule has 1 saturated heterocycles. The number of carbonyl (C=O) groups excluding carboxylic acids is 1. The number of anilines is 1. The first kappa shape index (κ1) is 17.7. The first-order chi connectivity index (χ1) is 13.1. The smallest absolute Gasteiger partial charge is 0.275 e. The Balaban J connectivity index is 1.69. The quantitative estimate of drug-likeness (QED) is 0.599. The van der Waals surface area contributed by atoms with E-state index in [2.05, 4.69) is 25.7 Å². The van der Waals surface area contributed by atoms with Gasteiger partial charge in [0.1, 0.15) is 10.8 Å². The third-order valence-electron chi connectivity index (χ3n) is 4.48. The Kier molecular flexibility index (Phi) is 4.92. The van der Waals surface area contributed by atoms with Crippen molar-refractivity contribution in [3.05, 3.63) is 40.4 Å². The Hall–Kier alpha value is -2.69. The molecule has 0 atom stereocenters. The fourth-order valence-corrected chi connectivity index (χ4v) is 4.01. The van der Waals surface area contributed by atoms with Gasteiger partial charge in [-0.1, -0.05) is 11.3 Å². The molecule has 3 aromatic rings. The van der Waals surface area contributed by atoms with Crippen LogP contribution in [0.3, 0.4) is 0 Å². The summed E-state index contributed by atoms with van der Waals surface area (Å²) in [5, 5.41) is 11.0. The van der Waals surface area contributed by atoms with E-state index in [4.69, 9.17) is 5.73 Å². The molecule has 1 amide bonds. The minimum atomic E-state index is -0.326. The Morgan fingerprint density at radius 2 is 2.19 bits per heavy atom. The maximum atomic E-state index is 12.5. The third-order valence-corrected chi connectivity index (χ3v) is 5.44. The van der Waals surface area contributed by atoms with Crippen LogP contribution < -0.4 is 21.9 Å². The zero-order valence-electron chi connectivity index (χ0n) is 14.5. The van der Waals surface area contributed by atoms with Crippen molar-refractivity contribution in [1.29, 1.82) is 0 Å². The fraction of sp³-hybridized carbons (Fsp3) is 0.353. The van der Waals surface area contributed by atoms with E-state index < -0.39 is 0 Å². The van der Waals surface area contributed by atoms with Crippen LogP contribution in [0.2, 0.25) is 0 Å². The first-order valence-corrected chi connectivity index (χ1v) is 9.53. The average Bonchev–Trinajstić information content (AvgIpc) is 3.14. The molecule has 0 radical (unpaired) electrons. The Bertz CT molecular complexity index is 1040. The van der Waals surface area contributed by atoms with E-state index in [1.165, 1.54) is 15.9 Å². The van der Waals surface area contributed by atoms with Gasteiger partial charge in [0.05, 0.1) is 12.2 Å². The van der Waals surface area contributed by atoms with Crippen LogP contribution in [0.4, 0.5) is 5.82 Å². The second kappa shape index (κ2) is 7.51. The van der Waals surface area contributed by atoms with Gasteiger partial charge in [-0.3, -0.25) is 9.59 Å². The number of hydrogen-bond acceptors (Lipinski definition) is 8. The lowest BCUT2D eigenvalue weighted by Gasteiger charge is -2.21. The van der Waals surface area contributed by atoms with Crippen molar-refractivity contribution in [3.63, 3.8) is 0 Å². The summed E-state index contributed by atoms with van der Waals surface area (Å²) in [4.78, 5) is 33.3. The number of fused-ring (bicyclic) bond motifs is 1. The molecule has 9 nitrogen and oxygen atoms in total. The maximum Gasteiger partial charge on any atom is 0.275 e. The van der Waals surface area contributed by atoms with Crippen LogP contribution in [0, 0.1) is 0 Å². The van der Waals surface area contributed by atoms with Crippen molar-refractivity contribution in [2.24, 2.45) is 5.73 Å². The third kappa shape index (κ3) is 3.72. The monoisotopic (exact) mass is 385 g/mol. The molecule has 4 N–H and O–H groups in total. The normalized spacial score (nSPS) is 15.1. The van der Waals surface area contributed by atoms with Crippen LogP contribution in [-0.2, 0) is 4.79 Å². The summed E-state index contributed by atoms with van der Waals surface area (Å²) in [6.45, 7) is 1.76. The molecule has 0 spiro atoms. The van der Waals surface area contributed by atoms with E-state index in [1.54, 1.807) is 24.4 Å². The van der Waals surface area contributed by atoms with E-state index in [-0.39, 0.29) is 18.0 Å². The number of hydrogen-bond donors (Lipinski definition) is 3. The lowest BCUT2D eigenvalue weighted by molar-refractivity contribution is -0.114. The van der Waals surface area contributed by atoms with Crippen LogP contribution >= 0.6 is 11.3 Å². The molecule has 1 aliphatic rings. The summed E-state index contributed by atoms with van der Waals surface area (Å²) >= 11 is 1.34. The van der Waals surface area contributed by atoms with Crippen molar-refractivity contribution in [3.8, 4) is 10.6 Å². The largest absolute Gasteiger partial charge is 0.322 e. The van der Waals surface area contributed by atoms with Crippen molar-refractivity contribution in [2.75, 3.05) is 25.0 Å². The molecular formula is C17H19N7O2S. The standard InChI is InChI=1S/C17H19N7O2S/c18-9-14(25)22-13-7-11(3-6-20-13)16-23-24-15(26)8-12(21-17(24)27-16)10-1-4-19-5-2-10/h3,6-8,10,19H,1-2,4-5,9,18H2,(H,20,22,25). The summed E-state index contributed by atoms with van der Waals surface area (Å²) in [5.74, 6) is 0.361. The van der Waals surface area contributed by atoms with Gasteiger partial charge in [-0.2, -0.15) is 9.61 Å². The molecule has 4 heterocycles. The summed E-state index contributed by atoms with van der Waals surface area (Å²) < 4.78 is 1.32. The predicted octanol–water partition coefficient (Wildman–Crippen LogP) is 0.577. The van der Waals surface area contributed by atoms with Gasteiger partial charge in [-0.05, 0) is 38.1 Å². The number of aromatic nitrogens is 4. The number of piperidine rings is 1. The molecule has 0 unspecified atom stereocenters. The summed E-state index contributed by atoms with van der Waals surface area (Å²) in [7, 11) is 0. The number of amides is 1. The Labute approximate surface area is 158 Å². The van der Waals surface area contributed by atoms with Gasteiger partial charge in [0.15, 0.2) is 0 Å². The first-order valence-electron chi connectivity index (χ1n) is 8.72. The molecule has 27 heavy (non-hydrogen) atoms. The molecule has 140 valence electrons. The predicted molar refractivity (Wildman–Crippen MR) is 103 cm³/mol. The maximum absolute atomic E-state index is 12.5. The lowest BCUT2D eigenvalue weighted by Crippen LogP contribution is -2.28. The number of nitrogens with two attached hydrogens (primary N) is 1. The second-order valence-electron chi connectivity index (χ2n) is 6.33. The van der Waals surface area contributed by atoms with E-state index in [9.17, 15) is 9.59 Å². The zero-order valence-corrected chi connectivity index (χ0v) is 15.3. The van der Waals surface area contributed by atoms with Crippen LogP contribution in [0.5, 0.6) is 0 Å². The molecule has 0 bridgehead atoms. The van der Waals surface area contributed by atoms with Gasteiger partial charge < -0.3 is 16.4 Å². The van der Waals surface area contributed by atoms with Gasteiger partial charge in [-0.15, -0.1) is 0 Å². The molecule has 0 saturated carbocycles. The zero-order chi connectivity index (χ0) is 18.8. The van der Waals surface area contributed by atoms with Crippen molar-refractivity contribution in [2.45, 2.75) is 18.8 Å². The number of nitrogens with zero attached hydrogens (tertiary/aromatic N) is 4. The Morgan fingerprint density at radius 3 is 2.96 bits per heavy atom. The highest BCUT2D eigenvalue weighted by Crippen LogP contribution is 2.28. The number of carbonyl (C=O) groups is 1. The van der Waals surface area contributed by atoms with Gasteiger partial charge in [0.2, 0.25) is 10.9 Å². The number of nitrogens with one attached hydrogen (secondary N) is 2. The second-order valence-corrected chi connectivity index (χ2v) is 7.28. The molecule has 4 rings (SSSR count). The van der Waals surface area contributed by atoms with Crippen molar-refractivity contribution in [1.82, 2.24) is 24.9 Å².